The van der Waals surface area contributed by atoms with Gasteiger partial charge in [0.1, 0.15) is 11.6 Å². The Kier molecular flexibility index (Phi) is 9.63. The Hall–Kier alpha value is -2.47. The summed E-state index contributed by atoms with van der Waals surface area (Å²) >= 11 is 0. The van der Waals surface area contributed by atoms with Crippen molar-refractivity contribution < 1.29 is 8.42 Å². The molecule has 0 aliphatic carbocycles. The van der Waals surface area contributed by atoms with Crippen LogP contribution in [-0.2, 0) is 22.8 Å². The topological polar surface area (TPSA) is 101 Å². The summed E-state index contributed by atoms with van der Waals surface area (Å²) in [5.74, 6) is 2.45. The van der Waals surface area contributed by atoms with Gasteiger partial charge in [0.2, 0.25) is 0 Å². The molecular weight excluding hydrogens is 539 g/mol. The van der Waals surface area contributed by atoms with Crippen LogP contribution in [0.1, 0.15) is 23.9 Å². The fourth-order valence-corrected chi connectivity index (χ4v) is 3.64. The van der Waals surface area contributed by atoms with E-state index in [1.807, 2.05) is 55.1 Å². The number of hydrogen-bond donors (Lipinski definition) is 2. The molecular formula is C22H29IN6O2S. The standard InChI is InChI=1S/C22H28N6O2S.HI/c1-4-23-22(25-12-11-18-5-8-20(9-6-18)31(3,29)30)27-16-19-7-10-21(26-15-19)28-14-13-24-17(28)2;/h5-10,13-15H,4,11-12,16H2,1-3H3,(H2,23,25,27);1H. The average Bonchev–Trinajstić information content (AvgIpc) is 3.18. The van der Waals surface area contributed by atoms with E-state index < -0.39 is 9.84 Å². The van der Waals surface area contributed by atoms with Crippen molar-refractivity contribution in [3.63, 3.8) is 0 Å². The number of nitrogens with zero attached hydrogens (tertiary/aromatic N) is 4. The first-order valence-corrected chi connectivity index (χ1v) is 12.0. The molecule has 0 saturated carbocycles. The molecule has 0 radical (unpaired) electrons. The molecule has 0 atom stereocenters. The summed E-state index contributed by atoms with van der Waals surface area (Å²) in [5, 5.41) is 6.55. The minimum Gasteiger partial charge on any atom is -0.357 e. The zero-order valence-electron chi connectivity index (χ0n) is 18.4. The second-order valence-corrected chi connectivity index (χ2v) is 9.17. The molecule has 10 heteroatoms. The molecule has 0 amide bonds. The fourth-order valence-electron chi connectivity index (χ4n) is 3.01. The third-order valence-electron chi connectivity index (χ3n) is 4.70. The lowest BCUT2D eigenvalue weighted by atomic mass is 10.1. The molecule has 2 aromatic heterocycles. The zero-order chi connectivity index (χ0) is 22.3. The SMILES string of the molecule is CCNC(=NCc1ccc(-n2ccnc2C)nc1)NCCc1ccc(S(C)(=O)=O)cc1.I. The number of aliphatic imine (C=N–C) groups is 1. The second-order valence-electron chi connectivity index (χ2n) is 7.16. The summed E-state index contributed by atoms with van der Waals surface area (Å²) in [6.07, 6.45) is 7.44. The number of sulfone groups is 1. The van der Waals surface area contributed by atoms with Gasteiger partial charge in [-0.1, -0.05) is 18.2 Å². The highest BCUT2D eigenvalue weighted by atomic mass is 127. The maximum absolute atomic E-state index is 11.6. The zero-order valence-corrected chi connectivity index (χ0v) is 21.6. The number of rotatable bonds is 8. The second kappa shape index (κ2) is 12.0. The molecule has 32 heavy (non-hydrogen) atoms. The summed E-state index contributed by atoms with van der Waals surface area (Å²) in [4.78, 5) is 13.7. The van der Waals surface area contributed by atoms with Crippen LogP contribution < -0.4 is 10.6 Å². The highest BCUT2D eigenvalue weighted by Gasteiger charge is 2.06. The minimum absolute atomic E-state index is 0. The number of benzene rings is 1. The number of guanidine groups is 1. The number of nitrogens with one attached hydrogen (secondary N) is 2. The van der Waals surface area contributed by atoms with Crippen LogP contribution in [0.15, 0.2) is 64.9 Å². The van der Waals surface area contributed by atoms with Gasteiger partial charge >= 0.3 is 0 Å². The summed E-state index contributed by atoms with van der Waals surface area (Å²) in [6, 6.07) is 10.9. The molecule has 0 aliphatic rings. The number of halogens is 1. The molecule has 0 fully saturated rings. The molecule has 0 unspecified atom stereocenters. The fraction of sp³-hybridized carbons (Fsp3) is 0.318. The van der Waals surface area contributed by atoms with Crippen LogP contribution in [0.2, 0.25) is 0 Å². The van der Waals surface area contributed by atoms with Gasteiger partial charge in [0, 0.05) is 37.9 Å². The Morgan fingerprint density at radius 2 is 1.78 bits per heavy atom. The largest absolute Gasteiger partial charge is 0.357 e. The van der Waals surface area contributed by atoms with Crippen molar-refractivity contribution in [1.82, 2.24) is 25.2 Å². The van der Waals surface area contributed by atoms with E-state index in [9.17, 15) is 8.42 Å². The van der Waals surface area contributed by atoms with E-state index in [0.717, 1.165) is 41.7 Å². The Morgan fingerprint density at radius 1 is 1.06 bits per heavy atom. The van der Waals surface area contributed by atoms with Gasteiger partial charge < -0.3 is 10.6 Å². The van der Waals surface area contributed by atoms with Crippen molar-refractivity contribution in [3.8, 4) is 5.82 Å². The lowest BCUT2D eigenvalue weighted by Crippen LogP contribution is -2.38. The Bertz CT molecular complexity index is 1130. The van der Waals surface area contributed by atoms with E-state index in [1.165, 1.54) is 6.26 Å². The van der Waals surface area contributed by atoms with Gasteiger partial charge in [-0.2, -0.15) is 0 Å². The van der Waals surface area contributed by atoms with Crippen LogP contribution in [0.4, 0.5) is 0 Å². The Morgan fingerprint density at radius 3 is 2.34 bits per heavy atom. The predicted octanol–water partition coefficient (Wildman–Crippen LogP) is 2.90. The van der Waals surface area contributed by atoms with Gasteiger partial charge in [-0.3, -0.25) is 4.57 Å². The summed E-state index contributed by atoms with van der Waals surface area (Å²) in [7, 11) is -3.17. The highest BCUT2D eigenvalue weighted by molar-refractivity contribution is 14.0. The first kappa shape index (κ1) is 25.8. The molecule has 2 heterocycles. The number of aromatic nitrogens is 3. The van der Waals surface area contributed by atoms with Crippen LogP contribution >= 0.6 is 24.0 Å². The van der Waals surface area contributed by atoms with Gasteiger partial charge in [-0.25, -0.2) is 23.4 Å². The molecule has 172 valence electrons. The van der Waals surface area contributed by atoms with Crippen LogP contribution in [0.3, 0.4) is 0 Å². The van der Waals surface area contributed by atoms with Crippen molar-refractivity contribution in [2.24, 2.45) is 4.99 Å². The summed E-state index contributed by atoms with van der Waals surface area (Å²) in [6.45, 7) is 5.90. The molecule has 0 aliphatic heterocycles. The molecule has 0 saturated heterocycles. The Balaban J connectivity index is 0.00000363. The molecule has 3 aromatic rings. The average molecular weight is 568 g/mol. The van der Waals surface area contributed by atoms with Crippen molar-refractivity contribution in [1.29, 1.82) is 0 Å². The molecule has 3 rings (SSSR count). The smallest absolute Gasteiger partial charge is 0.191 e. The molecule has 0 bridgehead atoms. The van der Waals surface area contributed by atoms with Crippen molar-refractivity contribution >= 4 is 39.8 Å². The van der Waals surface area contributed by atoms with Crippen molar-refractivity contribution in [2.75, 3.05) is 19.3 Å². The van der Waals surface area contributed by atoms with E-state index >= 15 is 0 Å². The maximum atomic E-state index is 11.6. The van der Waals surface area contributed by atoms with Gasteiger partial charge in [0.25, 0.3) is 0 Å². The van der Waals surface area contributed by atoms with E-state index in [0.29, 0.717) is 18.0 Å². The summed E-state index contributed by atoms with van der Waals surface area (Å²) in [5.41, 5.74) is 2.07. The van der Waals surface area contributed by atoms with E-state index in [-0.39, 0.29) is 24.0 Å². The molecule has 2 N–H and O–H groups in total. The van der Waals surface area contributed by atoms with Gasteiger partial charge in [0.05, 0.1) is 11.4 Å². The number of hydrogen-bond acceptors (Lipinski definition) is 5. The molecule has 8 nitrogen and oxygen atoms in total. The van der Waals surface area contributed by atoms with Crippen molar-refractivity contribution in [2.45, 2.75) is 31.7 Å². The minimum atomic E-state index is -3.17. The van der Waals surface area contributed by atoms with Crippen LogP contribution in [0.5, 0.6) is 0 Å². The monoisotopic (exact) mass is 568 g/mol. The van der Waals surface area contributed by atoms with Crippen LogP contribution in [0.25, 0.3) is 5.82 Å². The predicted molar refractivity (Wildman–Crippen MR) is 138 cm³/mol. The maximum Gasteiger partial charge on any atom is 0.191 e. The quantitative estimate of drug-likeness (QED) is 0.246. The van der Waals surface area contributed by atoms with Gasteiger partial charge in [-0.15, -0.1) is 24.0 Å². The number of imidazole rings is 1. The van der Waals surface area contributed by atoms with Crippen molar-refractivity contribution in [3.05, 3.63) is 71.9 Å². The van der Waals surface area contributed by atoms with Gasteiger partial charge in [-0.05, 0) is 49.6 Å². The lowest BCUT2D eigenvalue weighted by Gasteiger charge is -2.11. The summed E-state index contributed by atoms with van der Waals surface area (Å²) < 4.78 is 25.0. The first-order valence-electron chi connectivity index (χ1n) is 10.1. The first-order chi connectivity index (χ1) is 14.9. The third-order valence-corrected chi connectivity index (χ3v) is 5.83. The van der Waals surface area contributed by atoms with Crippen LogP contribution in [-0.4, -0.2) is 48.3 Å². The third kappa shape index (κ3) is 7.30. The number of aryl methyl sites for hydroxylation is 1. The van der Waals surface area contributed by atoms with Gasteiger partial charge in [0.15, 0.2) is 15.8 Å². The van der Waals surface area contributed by atoms with E-state index in [4.69, 9.17) is 0 Å². The number of pyridine rings is 1. The molecule has 1 aromatic carbocycles. The van der Waals surface area contributed by atoms with Crippen LogP contribution in [0, 0.1) is 6.92 Å². The molecule has 0 spiro atoms. The van der Waals surface area contributed by atoms with E-state index in [2.05, 4.69) is 25.6 Å². The highest BCUT2D eigenvalue weighted by Crippen LogP contribution is 2.11. The normalized spacial score (nSPS) is 11.7. The van der Waals surface area contributed by atoms with E-state index in [1.54, 1.807) is 18.3 Å². The Labute approximate surface area is 206 Å². The lowest BCUT2D eigenvalue weighted by molar-refractivity contribution is 0.602.